The molecule has 0 aliphatic carbocycles. The highest BCUT2D eigenvalue weighted by atomic mass is 79.9. The number of hydrogen-bond donors (Lipinski definition) is 1. The Morgan fingerprint density at radius 2 is 1.77 bits per heavy atom. The Morgan fingerprint density at radius 3 is 2.48 bits per heavy atom. The molecule has 1 heterocycles. The van der Waals surface area contributed by atoms with Crippen LogP contribution in [0, 0.1) is 5.82 Å². The van der Waals surface area contributed by atoms with Gasteiger partial charge in [0.25, 0.3) is 0 Å². The lowest BCUT2D eigenvalue weighted by Gasteiger charge is -2.09. The molecule has 0 atom stereocenters. The zero-order chi connectivity index (χ0) is 21.8. The molecule has 0 bridgehead atoms. The van der Waals surface area contributed by atoms with Crippen molar-refractivity contribution in [3.8, 4) is 28.3 Å². The molecular weight excluding hydrogens is 463 g/mol. The standard InChI is InChI=1S/C24H18BrFN2O3/c25-18-8-11-23(31-15-24(29)30)20(12-18)21-13-22(17-6-9-19(26)10-7-17)28(27-21)14-16-4-2-1-3-5-16/h1-13H,14-15H2,(H,29,30). The number of halogens is 2. The van der Waals surface area contributed by atoms with Crippen LogP contribution >= 0.6 is 15.9 Å². The third kappa shape index (κ3) is 5.00. The van der Waals surface area contributed by atoms with Crippen LogP contribution in [0.2, 0.25) is 0 Å². The molecule has 0 fully saturated rings. The van der Waals surface area contributed by atoms with Gasteiger partial charge in [-0.25, -0.2) is 9.18 Å². The molecule has 0 amide bonds. The van der Waals surface area contributed by atoms with Crippen LogP contribution in [0.1, 0.15) is 5.56 Å². The first kappa shape index (κ1) is 20.8. The van der Waals surface area contributed by atoms with Crippen molar-refractivity contribution in [3.05, 3.63) is 94.7 Å². The molecule has 7 heteroatoms. The number of carboxylic acids is 1. The fourth-order valence-electron chi connectivity index (χ4n) is 3.25. The lowest BCUT2D eigenvalue weighted by molar-refractivity contribution is -0.139. The molecule has 4 aromatic rings. The quantitative estimate of drug-likeness (QED) is 0.372. The monoisotopic (exact) mass is 480 g/mol. The lowest BCUT2D eigenvalue weighted by atomic mass is 10.1. The van der Waals surface area contributed by atoms with Crippen molar-refractivity contribution in [2.24, 2.45) is 0 Å². The minimum atomic E-state index is -1.06. The first-order valence-electron chi connectivity index (χ1n) is 9.52. The second-order valence-electron chi connectivity index (χ2n) is 6.89. The van der Waals surface area contributed by atoms with Crippen molar-refractivity contribution in [2.45, 2.75) is 6.54 Å². The van der Waals surface area contributed by atoms with E-state index in [1.807, 2.05) is 47.1 Å². The van der Waals surface area contributed by atoms with Gasteiger partial charge in [-0.15, -0.1) is 0 Å². The maximum absolute atomic E-state index is 13.5. The maximum Gasteiger partial charge on any atom is 0.341 e. The summed E-state index contributed by atoms with van der Waals surface area (Å²) in [6.07, 6.45) is 0. The number of rotatable bonds is 7. The molecule has 0 aliphatic rings. The van der Waals surface area contributed by atoms with Gasteiger partial charge in [0, 0.05) is 15.6 Å². The summed E-state index contributed by atoms with van der Waals surface area (Å²) in [5, 5.41) is 13.8. The van der Waals surface area contributed by atoms with Gasteiger partial charge in [-0.3, -0.25) is 4.68 Å². The molecule has 5 nitrogen and oxygen atoms in total. The molecule has 0 spiro atoms. The largest absolute Gasteiger partial charge is 0.481 e. The Bertz CT molecular complexity index is 1210. The number of aromatic nitrogens is 2. The predicted octanol–water partition coefficient (Wildman–Crippen LogP) is 5.63. The average Bonchev–Trinajstić information content (AvgIpc) is 3.17. The van der Waals surface area contributed by atoms with Crippen LogP contribution < -0.4 is 4.74 Å². The minimum Gasteiger partial charge on any atom is -0.481 e. The molecule has 3 aromatic carbocycles. The van der Waals surface area contributed by atoms with Gasteiger partial charge in [-0.05, 0) is 54.1 Å². The number of hydrogen-bond acceptors (Lipinski definition) is 3. The summed E-state index contributed by atoms with van der Waals surface area (Å²) in [7, 11) is 0. The summed E-state index contributed by atoms with van der Waals surface area (Å²) in [5.41, 5.74) is 3.97. The second-order valence-corrected chi connectivity index (χ2v) is 7.80. The summed E-state index contributed by atoms with van der Waals surface area (Å²) in [6, 6.07) is 23.3. The normalized spacial score (nSPS) is 10.8. The molecular formula is C24H18BrFN2O3. The molecule has 0 radical (unpaired) electrons. The van der Waals surface area contributed by atoms with Gasteiger partial charge in [-0.2, -0.15) is 5.10 Å². The SMILES string of the molecule is O=C(O)COc1ccc(Br)cc1-c1cc(-c2ccc(F)cc2)n(Cc2ccccc2)n1. The fourth-order valence-corrected chi connectivity index (χ4v) is 3.61. The molecule has 156 valence electrons. The van der Waals surface area contributed by atoms with Crippen molar-refractivity contribution in [1.82, 2.24) is 9.78 Å². The van der Waals surface area contributed by atoms with Gasteiger partial charge in [0.05, 0.1) is 17.9 Å². The van der Waals surface area contributed by atoms with Crippen LogP contribution in [0.5, 0.6) is 5.75 Å². The number of nitrogens with zero attached hydrogens (tertiary/aromatic N) is 2. The molecule has 0 unspecified atom stereocenters. The number of aliphatic carboxylic acids is 1. The Morgan fingerprint density at radius 1 is 1.03 bits per heavy atom. The van der Waals surface area contributed by atoms with E-state index in [2.05, 4.69) is 15.9 Å². The Kier molecular flexibility index (Phi) is 6.13. The summed E-state index contributed by atoms with van der Waals surface area (Å²) in [5.74, 6) is -0.953. The van der Waals surface area contributed by atoms with Crippen LogP contribution in [0.4, 0.5) is 4.39 Å². The Hall–Kier alpha value is -3.45. The van der Waals surface area contributed by atoms with E-state index in [9.17, 15) is 9.18 Å². The number of carboxylic acid groups (broad SMARTS) is 1. The predicted molar refractivity (Wildman–Crippen MR) is 119 cm³/mol. The van der Waals surface area contributed by atoms with E-state index in [1.165, 1.54) is 12.1 Å². The first-order valence-corrected chi connectivity index (χ1v) is 10.3. The van der Waals surface area contributed by atoms with E-state index in [1.54, 1.807) is 24.3 Å². The van der Waals surface area contributed by atoms with Gasteiger partial charge >= 0.3 is 5.97 Å². The molecule has 1 N–H and O–H groups in total. The van der Waals surface area contributed by atoms with Gasteiger partial charge in [0.1, 0.15) is 11.6 Å². The third-order valence-electron chi connectivity index (χ3n) is 4.66. The van der Waals surface area contributed by atoms with Crippen molar-refractivity contribution >= 4 is 21.9 Å². The van der Waals surface area contributed by atoms with Crippen LogP contribution in [0.3, 0.4) is 0 Å². The highest BCUT2D eigenvalue weighted by Crippen LogP contribution is 2.35. The smallest absolute Gasteiger partial charge is 0.341 e. The average molecular weight is 481 g/mol. The summed E-state index contributed by atoms with van der Waals surface area (Å²) in [4.78, 5) is 11.0. The van der Waals surface area contributed by atoms with E-state index in [-0.39, 0.29) is 5.82 Å². The zero-order valence-corrected chi connectivity index (χ0v) is 17.9. The molecule has 31 heavy (non-hydrogen) atoms. The van der Waals surface area contributed by atoms with Crippen LogP contribution in [-0.4, -0.2) is 27.5 Å². The van der Waals surface area contributed by atoms with Gasteiger partial charge in [0.15, 0.2) is 6.61 Å². The van der Waals surface area contributed by atoms with E-state index >= 15 is 0 Å². The number of ether oxygens (including phenoxy) is 1. The second kappa shape index (κ2) is 9.14. The third-order valence-corrected chi connectivity index (χ3v) is 5.16. The summed E-state index contributed by atoms with van der Waals surface area (Å²) in [6.45, 7) is 0.0665. The van der Waals surface area contributed by atoms with Crippen LogP contribution in [0.25, 0.3) is 22.5 Å². The van der Waals surface area contributed by atoms with Crippen LogP contribution in [0.15, 0.2) is 83.3 Å². The molecule has 1 aromatic heterocycles. The van der Waals surface area contributed by atoms with Crippen molar-refractivity contribution < 1.29 is 19.0 Å². The Balaban J connectivity index is 1.80. The number of carbonyl (C=O) groups is 1. The van der Waals surface area contributed by atoms with Crippen molar-refractivity contribution in [3.63, 3.8) is 0 Å². The van der Waals surface area contributed by atoms with Crippen molar-refractivity contribution in [1.29, 1.82) is 0 Å². The molecule has 4 rings (SSSR count). The first-order chi connectivity index (χ1) is 15.0. The Labute approximate surface area is 186 Å². The zero-order valence-electron chi connectivity index (χ0n) is 16.3. The van der Waals surface area contributed by atoms with E-state index in [4.69, 9.17) is 14.9 Å². The van der Waals surface area contributed by atoms with Gasteiger partial charge in [0.2, 0.25) is 0 Å². The summed E-state index contributed by atoms with van der Waals surface area (Å²) < 4.78 is 21.6. The van der Waals surface area contributed by atoms with E-state index in [0.717, 1.165) is 21.3 Å². The van der Waals surface area contributed by atoms with E-state index in [0.29, 0.717) is 23.6 Å². The van der Waals surface area contributed by atoms with Gasteiger partial charge in [-0.1, -0.05) is 46.3 Å². The fraction of sp³-hybridized carbons (Fsp3) is 0.0833. The van der Waals surface area contributed by atoms with E-state index < -0.39 is 12.6 Å². The highest BCUT2D eigenvalue weighted by molar-refractivity contribution is 9.10. The summed E-state index contributed by atoms with van der Waals surface area (Å²) >= 11 is 3.46. The van der Waals surface area contributed by atoms with Crippen molar-refractivity contribution in [2.75, 3.05) is 6.61 Å². The highest BCUT2D eigenvalue weighted by Gasteiger charge is 2.16. The number of benzene rings is 3. The molecule has 0 aliphatic heterocycles. The lowest BCUT2D eigenvalue weighted by Crippen LogP contribution is -2.10. The molecule has 0 saturated carbocycles. The topological polar surface area (TPSA) is 64.3 Å². The minimum absolute atomic E-state index is 0.311. The van der Waals surface area contributed by atoms with Gasteiger partial charge < -0.3 is 9.84 Å². The maximum atomic E-state index is 13.5. The molecule has 0 saturated heterocycles. The van der Waals surface area contributed by atoms with Crippen LogP contribution in [-0.2, 0) is 11.3 Å².